The van der Waals surface area contributed by atoms with Gasteiger partial charge < -0.3 is 14.8 Å². The lowest BCUT2D eigenvalue weighted by atomic mass is 10.1. The predicted octanol–water partition coefficient (Wildman–Crippen LogP) is 2.52. The number of nitrogens with zero attached hydrogens (tertiary/aromatic N) is 2. The Labute approximate surface area is 151 Å². The largest absolute Gasteiger partial charge is 0.476 e. The molecule has 8 heteroatoms. The van der Waals surface area contributed by atoms with Crippen LogP contribution in [-0.4, -0.2) is 33.9 Å². The van der Waals surface area contributed by atoms with E-state index in [9.17, 15) is 14.0 Å². The summed E-state index contributed by atoms with van der Waals surface area (Å²) in [4.78, 5) is 24.3. The van der Waals surface area contributed by atoms with Crippen molar-refractivity contribution in [3.05, 3.63) is 41.5 Å². The molecular weight excluding hydrogens is 341 g/mol. The van der Waals surface area contributed by atoms with Crippen LogP contribution in [-0.2, 0) is 21.4 Å². The summed E-state index contributed by atoms with van der Waals surface area (Å²) in [5.41, 5.74) is 0.722. The first-order valence-corrected chi connectivity index (χ1v) is 8.02. The summed E-state index contributed by atoms with van der Waals surface area (Å²) in [5, 5.41) is 6.88. The number of halogens is 1. The van der Waals surface area contributed by atoms with Crippen molar-refractivity contribution >= 4 is 17.6 Å². The molecule has 0 spiro atoms. The Kier molecular flexibility index (Phi) is 5.64. The zero-order chi connectivity index (χ0) is 19.5. The van der Waals surface area contributed by atoms with Gasteiger partial charge in [0.1, 0.15) is 11.6 Å². The second-order valence-electron chi connectivity index (χ2n) is 6.36. The minimum atomic E-state index is -1.34. The van der Waals surface area contributed by atoms with Gasteiger partial charge in [-0.3, -0.25) is 9.48 Å². The summed E-state index contributed by atoms with van der Waals surface area (Å²) in [7, 11) is 1.77. The Morgan fingerprint density at radius 3 is 2.38 bits per heavy atom. The van der Waals surface area contributed by atoms with Gasteiger partial charge >= 0.3 is 5.97 Å². The molecule has 0 bridgehead atoms. The summed E-state index contributed by atoms with van der Waals surface area (Å²) in [6, 6.07) is 5.27. The Balaban J connectivity index is 1.92. The molecule has 0 aliphatic carbocycles. The van der Waals surface area contributed by atoms with Gasteiger partial charge in [0.15, 0.2) is 12.2 Å². The number of carbonyl (C=O) groups is 2. The second-order valence-corrected chi connectivity index (χ2v) is 6.36. The molecule has 1 aromatic heterocycles. The molecule has 2 rings (SSSR count). The van der Waals surface area contributed by atoms with Crippen molar-refractivity contribution < 1.29 is 23.5 Å². The molecule has 1 amide bonds. The third-order valence-corrected chi connectivity index (χ3v) is 3.79. The van der Waals surface area contributed by atoms with Crippen molar-refractivity contribution in [2.75, 3.05) is 11.9 Å². The topological polar surface area (TPSA) is 82.5 Å². The average Bonchev–Trinajstić information content (AvgIpc) is 2.80. The normalized spacial score (nSPS) is 11.2. The number of hydrogen-bond donors (Lipinski definition) is 1. The van der Waals surface area contributed by atoms with Crippen molar-refractivity contribution in [1.29, 1.82) is 0 Å². The highest BCUT2D eigenvalue weighted by molar-refractivity contribution is 5.94. The number of ether oxygens (including phenoxy) is 2. The van der Waals surface area contributed by atoms with Gasteiger partial charge in [0.2, 0.25) is 0 Å². The first-order chi connectivity index (χ1) is 12.1. The van der Waals surface area contributed by atoms with E-state index in [1.54, 1.807) is 18.7 Å². The van der Waals surface area contributed by atoms with Crippen LogP contribution in [0.25, 0.3) is 0 Å². The molecule has 1 N–H and O–H groups in total. The summed E-state index contributed by atoms with van der Waals surface area (Å²) < 4.78 is 25.1. The fraction of sp³-hybridized carbons (Fsp3) is 0.389. The van der Waals surface area contributed by atoms with E-state index in [0.29, 0.717) is 17.1 Å². The van der Waals surface area contributed by atoms with Gasteiger partial charge in [-0.05, 0) is 52.0 Å². The number of anilines is 1. The van der Waals surface area contributed by atoms with Crippen molar-refractivity contribution in [3.8, 4) is 5.75 Å². The van der Waals surface area contributed by atoms with Gasteiger partial charge in [0.25, 0.3) is 5.91 Å². The van der Waals surface area contributed by atoms with Gasteiger partial charge in [-0.2, -0.15) is 5.10 Å². The van der Waals surface area contributed by atoms with E-state index in [-0.39, 0.29) is 0 Å². The lowest BCUT2D eigenvalue weighted by molar-refractivity contribution is -0.161. The Morgan fingerprint density at radius 2 is 1.85 bits per heavy atom. The van der Waals surface area contributed by atoms with Crippen LogP contribution >= 0.6 is 0 Å². The number of benzene rings is 1. The van der Waals surface area contributed by atoms with E-state index >= 15 is 0 Å². The van der Waals surface area contributed by atoms with Crippen LogP contribution in [0.5, 0.6) is 5.75 Å². The molecule has 0 atom stereocenters. The summed E-state index contributed by atoms with van der Waals surface area (Å²) in [6.45, 7) is 6.15. The number of rotatable bonds is 6. The van der Waals surface area contributed by atoms with Crippen molar-refractivity contribution in [1.82, 2.24) is 9.78 Å². The minimum Gasteiger partial charge on any atom is -0.476 e. The molecule has 0 aliphatic heterocycles. The zero-order valence-electron chi connectivity index (χ0n) is 15.4. The highest BCUT2D eigenvalue weighted by atomic mass is 19.1. The quantitative estimate of drug-likeness (QED) is 0.798. The third kappa shape index (κ3) is 4.59. The first-order valence-electron chi connectivity index (χ1n) is 8.02. The predicted molar refractivity (Wildman–Crippen MR) is 93.4 cm³/mol. The van der Waals surface area contributed by atoms with Crippen LogP contribution in [0.3, 0.4) is 0 Å². The summed E-state index contributed by atoms with van der Waals surface area (Å²) >= 11 is 0. The van der Waals surface area contributed by atoms with E-state index in [2.05, 4.69) is 10.4 Å². The van der Waals surface area contributed by atoms with Crippen molar-refractivity contribution in [2.24, 2.45) is 7.05 Å². The smallest absolute Gasteiger partial charge is 0.350 e. The van der Waals surface area contributed by atoms with Crippen LogP contribution in [0.4, 0.5) is 10.1 Å². The zero-order valence-corrected chi connectivity index (χ0v) is 15.4. The summed E-state index contributed by atoms with van der Waals surface area (Å²) in [5.74, 6) is -1.28. The maximum atomic E-state index is 12.9. The highest BCUT2D eigenvalue weighted by Gasteiger charge is 2.32. The molecule has 0 fully saturated rings. The lowest BCUT2D eigenvalue weighted by Crippen LogP contribution is -2.41. The Morgan fingerprint density at radius 1 is 1.23 bits per heavy atom. The van der Waals surface area contributed by atoms with Crippen LogP contribution < -0.4 is 10.1 Å². The Hall–Kier alpha value is -2.90. The van der Waals surface area contributed by atoms with E-state index in [0.717, 1.165) is 5.69 Å². The van der Waals surface area contributed by atoms with Gasteiger partial charge in [-0.1, -0.05) is 0 Å². The first kappa shape index (κ1) is 19.4. The van der Waals surface area contributed by atoms with E-state index in [1.165, 1.54) is 38.1 Å². The number of aryl methyl sites for hydroxylation is 2. The number of hydrogen-bond acceptors (Lipinski definition) is 5. The summed E-state index contributed by atoms with van der Waals surface area (Å²) in [6.07, 6.45) is 0. The fourth-order valence-electron chi connectivity index (χ4n) is 2.27. The number of amides is 1. The standard InChI is InChI=1S/C18H22FN3O4/c1-11-16(12(2)22(5)21-11)20-15(23)10-25-17(24)18(3,4)26-14-8-6-13(19)7-9-14/h6-9H,10H2,1-5H3,(H,20,23). The molecule has 0 saturated heterocycles. The van der Waals surface area contributed by atoms with E-state index in [1.807, 2.05) is 6.92 Å². The maximum absolute atomic E-state index is 12.9. The number of carbonyl (C=O) groups excluding carboxylic acids is 2. The third-order valence-electron chi connectivity index (χ3n) is 3.79. The van der Waals surface area contributed by atoms with Crippen molar-refractivity contribution in [3.63, 3.8) is 0 Å². The molecule has 0 unspecified atom stereocenters. The van der Waals surface area contributed by atoms with Gasteiger partial charge in [0.05, 0.1) is 17.1 Å². The molecule has 0 radical (unpaired) electrons. The van der Waals surface area contributed by atoms with Gasteiger partial charge in [-0.15, -0.1) is 0 Å². The molecule has 0 saturated carbocycles. The molecule has 1 aromatic carbocycles. The monoisotopic (exact) mass is 363 g/mol. The minimum absolute atomic E-state index is 0.319. The Bertz CT molecular complexity index is 813. The average molecular weight is 363 g/mol. The maximum Gasteiger partial charge on any atom is 0.350 e. The van der Waals surface area contributed by atoms with Gasteiger partial charge in [-0.25, -0.2) is 9.18 Å². The number of nitrogens with one attached hydrogen (secondary N) is 1. The van der Waals surface area contributed by atoms with Crippen LogP contribution in [0.2, 0.25) is 0 Å². The molecule has 7 nitrogen and oxygen atoms in total. The highest BCUT2D eigenvalue weighted by Crippen LogP contribution is 2.20. The number of aromatic nitrogens is 2. The fourth-order valence-corrected chi connectivity index (χ4v) is 2.27. The molecule has 2 aromatic rings. The molecule has 26 heavy (non-hydrogen) atoms. The number of esters is 1. The van der Waals surface area contributed by atoms with E-state index in [4.69, 9.17) is 9.47 Å². The molecule has 0 aliphatic rings. The molecular formula is C18H22FN3O4. The SMILES string of the molecule is Cc1nn(C)c(C)c1NC(=O)COC(=O)C(C)(C)Oc1ccc(F)cc1. The molecule has 1 heterocycles. The second kappa shape index (κ2) is 7.55. The van der Waals surface area contributed by atoms with Gasteiger partial charge in [0, 0.05) is 7.05 Å². The van der Waals surface area contributed by atoms with Crippen molar-refractivity contribution in [2.45, 2.75) is 33.3 Å². The lowest BCUT2D eigenvalue weighted by Gasteiger charge is -2.24. The van der Waals surface area contributed by atoms with Crippen LogP contribution in [0.1, 0.15) is 25.2 Å². The van der Waals surface area contributed by atoms with E-state index < -0.39 is 29.9 Å². The van der Waals surface area contributed by atoms with Crippen LogP contribution in [0, 0.1) is 19.7 Å². The molecule has 140 valence electrons. The van der Waals surface area contributed by atoms with Crippen LogP contribution in [0.15, 0.2) is 24.3 Å².